The summed E-state index contributed by atoms with van der Waals surface area (Å²) in [6.45, 7) is 3.02. The molecule has 1 fully saturated rings. The highest BCUT2D eigenvalue weighted by Gasteiger charge is 2.44. The fourth-order valence-corrected chi connectivity index (χ4v) is 4.17. The maximum atomic E-state index is 12.5. The summed E-state index contributed by atoms with van der Waals surface area (Å²) in [6.07, 6.45) is 18.0. The van der Waals surface area contributed by atoms with E-state index >= 15 is 0 Å². The highest BCUT2D eigenvalue weighted by molar-refractivity contribution is 5.70. The maximum Gasteiger partial charge on any atom is 0.306 e. The Morgan fingerprint density at radius 3 is 1.98 bits per heavy atom. The SMILES string of the molecule is CC/C=C\C/C=C\C/C=C\C/C=C\CCCCC(=O)OC(COC(=O)CCCCC)COC1OC(CO)C(O)C(O)C1O. The van der Waals surface area contributed by atoms with Crippen molar-refractivity contribution < 1.29 is 49.0 Å². The molecule has 1 heterocycles. The average molecular weight is 611 g/mol. The van der Waals surface area contributed by atoms with Crippen LogP contribution in [0, 0.1) is 0 Å². The van der Waals surface area contributed by atoms with Crippen LogP contribution >= 0.6 is 0 Å². The van der Waals surface area contributed by atoms with Gasteiger partial charge < -0.3 is 39.4 Å². The lowest BCUT2D eigenvalue weighted by Crippen LogP contribution is -2.59. The Morgan fingerprint density at radius 2 is 1.35 bits per heavy atom. The van der Waals surface area contributed by atoms with E-state index in [0.717, 1.165) is 51.4 Å². The van der Waals surface area contributed by atoms with Gasteiger partial charge in [0, 0.05) is 12.8 Å². The van der Waals surface area contributed by atoms with Gasteiger partial charge in [0.25, 0.3) is 0 Å². The molecular weight excluding hydrogens is 556 g/mol. The zero-order valence-corrected chi connectivity index (χ0v) is 25.9. The highest BCUT2D eigenvalue weighted by atomic mass is 16.7. The quantitative estimate of drug-likeness (QED) is 0.0752. The normalized spacial score (nSPS) is 23.5. The van der Waals surface area contributed by atoms with Crippen molar-refractivity contribution >= 4 is 11.9 Å². The Bertz CT molecular complexity index is 851. The molecule has 0 amide bonds. The fourth-order valence-electron chi connectivity index (χ4n) is 4.17. The zero-order valence-electron chi connectivity index (χ0n) is 25.9. The standard InChI is InChI=1S/C33H54O10/c1-3-5-7-8-9-10-11-12-13-14-15-16-17-18-20-22-29(36)42-26(24-40-28(35)21-19-6-4-2)25-41-33-32(39)31(38)30(37)27(23-34)43-33/h5,7,9-10,12-13,15-16,26-27,30-34,37-39H,3-4,6,8,11,14,17-25H2,1-2H3/b7-5-,10-9-,13-12-,16-15-. The number of unbranched alkanes of at least 4 members (excludes halogenated alkanes) is 4. The predicted molar refractivity (Wildman–Crippen MR) is 164 cm³/mol. The van der Waals surface area contributed by atoms with E-state index in [1.54, 1.807) is 0 Å². The number of carbonyl (C=O) groups is 2. The number of hydrogen-bond acceptors (Lipinski definition) is 10. The van der Waals surface area contributed by atoms with E-state index < -0.39 is 55.4 Å². The van der Waals surface area contributed by atoms with Gasteiger partial charge in [-0.2, -0.15) is 0 Å². The van der Waals surface area contributed by atoms with E-state index in [-0.39, 0.29) is 26.1 Å². The van der Waals surface area contributed by atoms with Crippen LogP contribution in [0.1, 0.15) is 90.9 Å². The van der Waals surface area contributed by atoms with Gasteiger partial charge in [0.05, 0.1) is 13.2 Å². The van der Waals surface area contributed by atoms with E-state index in [4.69, 9.17) is 18.9 Å². The molecule has 1 aliphatic rings. The van der Waals surface area contributed by atoms with Crippen LogP contribution in [0.4, 0.5) is 0 Å². The average Bonchev–Trinajstić information content (AvgIpc) is 3.00. The molecule has 4 N–H and O–H groups in total. The lowest BCUT2D eigenvalue weighted by atomic mass is 9.99. The molecule has 0 bridgehead atoms. The van der Waals surface area contributed by atoms with Gasteiger partial charge in [-0.3, -0.25) is 9.59 Å². The van der Waals surface area contributed by atoms with Crippen molar-refractivity contribution in [3.8, 4) is 0 Å². The predicted octanol–water partition coefficient (Wildman–Crippen LogP) is 4.20. The van der Waals surface area contributed by atoms with Crippen LogP contribution in [0.5, 0.6) is 0 Å². The largest absolute Gasteiger partial charge is 0.462 e. The van der Waals surface area contributed by atoms with Crippen LogP contribution in [0.25, 0.3) is 0 Å². The van der Waals surface area contributed by atoms with E-state index in [1.807, 2.05) is 6.92 Å². The summed E-state index contributed by atoms with van der Waals surface area (Å²) in [4.78, 5) is 24.6. The molecule has 1 aliphatic heterocycles. The summed E-state index contributed by atoms with van der Waals surface area (Å²) in [5.74, 6) is -0.894. The molecule has 10 heteroatoms. The first kappa shape index (κ1) is 38.7. The lowest BCUT2D eigenvalue weighted by Gasteiger charge is -2.39. The number of aliphatic hydroxyl groups is 4. The number of aliphatic hydroxyl groups excluding tert-OH is 4. The fraction of sp³-hybridized carbons (Fsp3) is 0.697. The number of ether oxygens (including phenoxy) is 4. The monoisotopic (exact) mass is 610 g/mol. The number of rotatable bonds is 23. The highest BCUT2D eigenvalue weighted by Crippen LogP contribution is 2.22. The number of allylic oxidation sites excluding steroid dienone is 8. The third-order valence-corrected chi connectivity index (χ3v) is 6.73. The van der Waals surface area contributed by atoms with Gasteiger partial charge in [0.1, 0.15) is 31.0 Å². The molecule has 0 aromatic carbocycles. The molecule has 0 aromatic rings. The molecule has 1 saturated heterocycles. The summed E-state index contributed by atoms with van der Waals surface area (Å²) in [6, 6.07) is 0. The van der Waals surface area contributed by atoms with Gasteiger partial charge in [-0.05, 0) is 51.4 Å². The topological polar surface area (TPSA) is 152 Å². The Hall–Kier alpha value is -2.34. The van der Waals surface area contributed by atoms with E-state index in [9.17, 15) is 30.0 Å². The smallest absolute Gasteiger partial charge is 0.306 e. The first-order chi connectivity index (χ1) is 20.8. The second kappa shape index (κ2) is 25.0. The number of carbonyl (C=O) groups excluding carboxylic acids is 2. The van der Waals surface area contributed by atoms with Gasteiger partial charge in [-0.25, -0.2) is 0 Å². The summed E-state index contributed by atoms with van der Waals surface area (Å²) in [5, 5.41) is 39.5. The Morgan fingerprint density at radius 1 is 0.744 bits per heavy atom. The Labute approximate surface area is 257 Å². The molecule has 0 aromatic heterocycles. The van der Waals surface area contributed by atoms with Gasteiger partial charge in [-0.15, -0.1) is 0 Å². The van der Waals surface area contributed by atoms with E-state index in [0.29, 0.717) is 12.8 Å². The van der Waals surface area contributed by atoms with Crippen molar-refractivity contribution in [2.24, 2.45) is 0 Å². The van der Waals surface area contributed by atoms with Crippen molar-refractivity contribution in [2.75, 3.05) is 19.8 Å². The molecule has 0 radical (unpaired) electrons. The van der Waals surface area contributed by atoms with E-state index in [1.165, 1.54) is 0 Å². The van der Waals surface area contributed by atoms with Crippen LogP contribution in [-0.4, -0.2) is 89.0 Å². The summed E-state index contributed by atoms with van der Waals surface area (Å²) < 4.78 is 21.6. The van der Waals surface area contributed by atoms with Gasteiger partial charge in [-0.1, -0.05) is 75.3 Å². The molecule has 43 heavy (non-hydrogen) atoms. The molecule has 0 aliphatic carbocycles. The molecular formula is C33H54O10. The minimum absolute atomic E-state index is 0.175. The summed E-state index contributed by atoms with van der Waals surface area (Å²) in [7, 11) is 0. The third-order valence-electron chi connectivity index (χ3n) is 6.73. The maximum absolute atomic E-state index is 12.5. The Balaban J connectivity index is 2.44. The van der Waals surface area contributed by atoms with Crippen LogP contribution in [0.15, 0.2) is 48.6 Å². The van der Waals surface area contributed by atoms with E-state index in [2.05, 4.69) is 55.5 Å². The van der Waals surface area contributed by atoms with Crippen molar-refractivity contribution in [1.29, 1.82) is 0 Å². The molecule has 10 nitrogen and oxygen atoms in total. The number of hydrogen-bond donors (Lipinski definition) is 4. The van der Waals surface area contributed by atoms with Crippen LogP contribution in [-0.2, 0) is 28.5 Å². The molecule has 246 valence electrons. The minimum atomic E-state index is -1.60. The summed E-state index contributed by atoms with van der Waals surface area (Å²) >= 11 is 0. The third kappa shape index (κ3) is 18.2. The second-order valence-corrected chi connectivity index (χ2v) is 10.5. The van der Waals surface area contributed by atoms with Crippen LogP contribution in [0.3, 0.4) is 0 Å². The Kier molecular flexibility index (Phi) is 22.5. The van der Waals surface area contributed by atoms with Gasteiger partial charge in [0.15, 0.2) is 12.4 Å². The first-order valence-corrected chi connectivity index (χ1v) is 15.7. The molecule has 0 saturated carbocycles. The van der Waals surface area contributed by atoms with Crippen molar-refractivity contribution in [3.05, 3.63) is 48.6 Å². The molecule has 0 spiro atoms. The molecule has 6 unspecified atom stereocenters. The van der Waals surface area contributed by atoms with Crippen LogP contribution in [0.2, 0.25) is 0 Å². The minimum Gasteiger partial charge on any atom is -0.462 e. The zero-order chi connectivity index (χ0) is 31.7. The van der Waals surface area contributed by atoms with Gasteiger partial charge >= 0.3 is 11.9 Å². The van der Waals surface area contributed by atoms with Crippen molar-refractivity contribution in [2.45, 2.75) is 128 Å². The second-order valence-electron chi connectivity index (χ2n) is 10.5. The van der Waals surface area contributed by atoms with Crippen LogP contribution < -0.4 is 0 Å². The van der Waals surface area contributed by atoms with Crippen molar-refractivity contribution in [1.82, 2.24) is 0 Å². The van der Waals surface area contributed by atoms with Gasteiger partial charge in [0.2, 0.25) is 0 Å². The van der Waals surface area contributed by atoms with Crippen molar-refractivity contribution in [3.63, 3.8) is 0 Å². The first-order valence-electron chi connectivity index (χ1n) is 15.7. The molecule has 1 rings (SSSR count). The molecule has 6 atom stereocenters. The summed E-state index contributed by atoms with van der Waals surface area (Å²) in [5.41, 5.74) is 0. The number of esters is 2. The lowest BCUT2D eigenvalue weighted by molar-refractivity contribution is -0.305.